The van der Waals surface area contributed by atoms with E-state index in [9.17, 15) is 4.79 Å². The number of hydrogen-bond donors (Lipinski definition) is 1. The number of benzene rings is 1. The molecule has 0 radical (unpaired) electrons. The van der Waals surface area contributed by atoms with Crippen LogP contribution in [0.15, 0.2) is 18.2 Å². The number of piperidine rings is 1. The quantitative estimate of drug-likeness (QED) is 0.828. The third-order valence-corrected chi connectivity index (χ3v) is 3.95. The number of anilines is 1. The van der Waals surface area contributed by atoms with Gasteiger partial charge in [-0.3, -0.25) is 9.69 Å². The predicted molar refractivity (Wildman–Crippen MR) is 73.3 cm³/mol. The molecule has 1 aromatic rings. The first-order chi connectivity index (χ1) is 8.83. The number of nitrogens with one attached hydrogen (secondary N) is 1. The van der Waals surface area contributed by atoms with E-state index in [1.54, 1.807) is 0 Å². The van der Waals surface area contributed by atoms with Gasteiger partial charge < -0.3 is 5.32 Å². The molecule has 0 aromatic heterocycles. The van der Waals surface area contributed by atoms with Gasteiger partial charge in [0, 0.05) is 17.8 Å². The minimum absolute atomic E-state index is 0.270. The van der Waals surface area contributed by atoms with Crippen molar-refractivity contribution in [3.8, 4) is 0 Å². The molecule has 1 N–H and O–H groups in total. The van der Waals surface area contributed by atoms with E-state index < -0.39 is 0 Å². The van der Waals surface area contributed by atoms with Crippen molar-refractivity contribution in [2.75, 3.05) is 31.5 Å². The third-order valence-electron chi connectivity index (χ3n) is 3.95. The zero-order valence-electron chi connectivity index (χ0n) is 10.7. The highest BCUT2D eigenvalue weighted by molar-refractivity contribution is 5.98. The molecule has 3 nitrogen and oxygen atoms in total. The van der Waals surface area contributed by atoms with E-state index in [1.165, 1.54) is 30.5 Å². The normalized spacial score (nSPS) is 19.3. The van der Waals surface area contributed by atoms with E-state index in [4.69, 9.17) is 0 Å². The van der Waals surface area contributed by atoms with Crippen LogP contribution in [0.3, 0.4) is 0 Å². The summed E-state index contributed by atoms with van der Waals surface area (Å²) in [5.74, 6) is 0.270. The van der Waals surface area contributed by atoms with Crippen LogP contribution < -0.4 is 5.32 Å². The van der Waals surface area contributed by atoms with Crippen molar-refractivity contribution in [2.24, 2.45) is 0 Å². The molecule has 0 bridgehead atoms. The summed E-state index contributed by atoms with van der Waals surface area (Å²) in [5, 5.41) is 3.33. The number of ketones is 1. The number of fused-ring (bicyclic) bond motifs is 1. The summed E-state index contributed by atoms with van der Waals surface area (Å²) in [6, 6.07) is 6.08. The van der Waals surface area contributed by atoms with Crippen LogP contribution in [0.5, 0.6) is 0 Å². The van der Waals surface area contributed by atoms with Gasteiger partial charge in [-0.1, -0.05) is 6.42 Å². The Morgan fingerprint density at radius 2 is 2.06 bits per heavy atom. The lowest BCUT2D eigenvalue weighted by Gasteiger charge is -2.25. The van der Waals surface area contributed by atoms with Crippen molar-refractivity contribution in [1.29, 1.82) is 0 Å². The second-order valence-corrected chi connectivity index (χ2v) is 5.31. The average Bonchev–Trinajstić information content (AvgIpc) is 2.87. The number of nitrogens with zero attached hydrogens (tertiary/aromatic N) is 1. The maximum Gasteiger partial charge on any atom is 0.176 e. The smallest absolute Gasteiger partial charge is 0.176 e. The maximum atomic E-state index is 12.3. The molecule has 96 valence electrons. The van der Waals surface area contributed by atoms with Gasteiger partial charge in [0.25, 0.3) is 0 Å². The van der Waals surface area contributed by atoms with Gasteiger partial charge in [0.05, 0.1) is 6.54 Å². The van der Waals surface area contributed by atoms with Crippen molar-refractivity contribution in [1.82, 2.24) is 4.90 Å². The first-order valence-electron chi connectivity index (χ1n) is 6.95. The largest absolute Gasteiger partial charge is 0.384 e. The van der Waals surface area contributed by atoms with Gasteiger partial charge in [-0.25, -0.2) is 0 Å². The van der Waals surface area contributed by atoms with E-state index in [0.29, 0.717) is 6.54 Å². The lowest BCUT2D eigenvalue weighted by Crippen LogP contribution is -2.34. The number of likely N-dealkylation sites (tertiary alicyclic amines) is 1. The SMILES string of the molecule is O=C(CN1CCCCC1)c1ccc2c(c1)CCN2. The summed E-state index contributed by atoms with van der Waals surface area (Å²) in [5.41, 5.74) is 3.37. The highest BCUT2D eigenvalue weighted by Crippen LogP contribution is 2.23. The molecule has 0 amide bonds. The molecule has 18 heavy (non-hydrogen) atoms. The van der Waals surface area contributed by atoms with Gasteiger partial charge in [-0.15, -0.1) is 0 Å². The molecule has 3 heteroatoms. The van der Waals surface area contributed by atoms with Crippen LogP contribution in [-0.4, -0.2) is 36.9 Å². The molecule has 0 saturated carbocycles. The Labute approximate surface area is 108 Å². The molecule has 0 spiro atoms. The van der Waals surface area contributed by atoms with Crippen molar-refractivity contribution in [2.45, 2.75) is 25.7 Å². The van der Waals surface area contributed by atoms with Crippen LogP contribution in [-0.2, 0) is 6.42 Å². The van der Waals surface area contributed by atoms with Crippen LogP contribution in [0.2, 0.25) is 0 Å². The second-order valence-electron chi connectivity index (χ2n) is 5.31. The molecule has 3 rings (SSSR count). The predicted octanol–water partition coefficient (Wildman–Crippen LogP) is 2.32. The monoisotopic (exact) mass is 244 g/mol. The van der Waals surface area contributed by atoms with Crippen molar-refractivity contribution >= 4 is 11.5 Å². The fourth-order valence-corrected chi connectivity index (χ4v) is 2.89. The topological polar surface area (TPSA) is 32.3 Å². The van der Waals surface area contributed by atoms with E-state index >= 15 is 0 Å². The van der Waals surface area contributed by atoms with Crippen LogP contribution in [0.1, 0.15) is 35.2 Å². The standard InChI is InChI=1S/C15H20N2O/c18-15(11-17-8-2-1-3-9-17)13-4-5-14-12(10-13)6-7-16-14/h4-5,10,16H,1-3,6-9,11H2. The molecule has 0 aliphatic carbocycles. The van der Waals surface area contributed by atoms with Crippen molar-refractivity contribution in [3.63, 3.8) is 0 Å². The molecule has 2 heterocycles. The lowest BCUT2D eigenvalue weighted by atomic mass is 10.0. The van der Waals surface area contributed by atoms with Gasteiger partial charge in [-0.2, -0.15) is 0 Å². The van der Waals surface area contributed by atoms with Crippen LogP contribution in [0.25, 0.3) is 0 Å². The molecule has 1 fully saturated rings. The highest BCUT2D eigenvalue weighted by atomic mass is 16.1. The van der Waals surface area contributed by atoms with Gasteiger partial charge in [0.2, 0.25) is 0 Å². The Balaban J connectivity index is 1.68. The van der Waals surface area contributed by atoms with Crippen molar-refractivity contribution in [3.05, 3.63) is 29.3 Å². The fraction of sp³-hybridized carbons (Fsp3) is 0.533. The molecule has 2 aliphatic rings. The summed E-state index contributed by atoms with van der Waals surface area (Å²) in [4.78, 5) is 14.5. The van der Waals surface area contributed by atoms with E-state index in [2.05, 4.69) is 16.3 Å². The summed E-state index contributed by atoms with van der Waals surface area (Å²) < 4.78 is 0. The average molecular weight is 244 g/mol. The minimum Gasteiger partial charge on any atom is -0.384 e. The Morgan fingerprint density at radius 3 is 2.89 bits per heavy atom. The first kappa shape index (κ1) is 11.7. The molecule has 1 aromatic carbocycles. The molecular weight excluding hydrogens is 224 g/mol. The Morgan fingerprint density at radius 1 is 1.22 bits per heavy atom. The van der Waals surface area contributed by atoms with Gasteiger partial charge in [0.1, 0.15) is 0 Å². The Kier molecular flexibility index (Phi) is 3.33. The first-order valence-corrected chi connectivity index (χ1v) is 6.95. The van der Waals surface area contributed by atoms with Gasteiger partial charge >= 0.3 is 0 Å². The summed E-state index contributed by atoms with van der Waals surface area (Å²) in [6.07, 6.45) is 4.83. The summed E-state index contributed by atoms with van der Waals surface area (Å²) in [7, 11) is 0. The molecule has 0 atom stereocenters. The zero-order chi connectivity index (χ0) is 12.4. The third kappa shape index (κ3) is 2.41. The summed E-state index contributed by atoms with van der Waals surface area (Å²) in [6.45, 7) is 3.75. The number of carbonyl (C=O) groups is 1. The van der Waals surface area contributed by atoms with Crippen LogP contribution in [0, 0.1) is 0 Å². The number of Topliss-reactive ketones (excluding diaryl/α,β-unsaturated/α-hetero) is 1. The van der Waals surface area contributed by atoms with Crippen LogP contribution >= 0.6 is 0 Å². The number of hydrogen-bond acceptors (Lipinski definition) is 3. The highest BCUT2D eigenvalue weighted by Gasteiger charge is 2.17. The fourth-order valence-electron chi connectivity index (χ4n) is 2.89. The van der Waals surface area contributed by atoms with Gasteiger partial charge in [0.15, 0.2) is 5.78 Å². The molecular formula is C15H20N2O. The Bertz CT molecular complexity index is 450. The minimum atomic E-state index is 0.270. The maximum absolute atomic E-state index is 12.3. The van der Waals surface area contributed by atoms with Crippen molar-refractivity contribution < 1.29 is 4.79 Å². The van der Waals surface area contributed by atoms with E-state index in [1.807, 2.05) is 12.1 Å². The van der Waals surface area contributed by atoms with Crippen LogP contribution in [0.4, 0.5) is 5.69 Å². The Hall–Kier alpha value is -1.35. The second kappa shape index (κ2) is 5.11. The van der Waals surface area contributed by atoms with Gasteiger partial charge in [-0.05, 0) is 56.1 Å². The van der Waals surface area contributed by atoms with E-state index in [-0.39, 0.29) is 5.78 Å². The zero-order valence-corrected chi connectivity index (χ0v) is 10.7. The lowest BCUT2D eigenvalue weighted by molar-refractivity contribution is 0.0915. The number of carbonyl (C=O) groups excluding carboxylic acids is 1. The molecule has 0 unspecified atom stereocenters. The molecule has 1 saturated heterocycles. The molecule has 2 aliphatic heterocycles. The summed E-state index contributed by atoms with van der Waals surface area (Å²) >= 11 is 0. The number of rotatable bonds is 3. The van der Waals surface area contributed by atoms with E-state index in [0.717, 1.165) is 31.6 Å².